The van der Waals surface area contributed by atoms with Crippen molar-refractivity contribution in [3.05, 3.63) is 49.9 Å². The molecule has 0 fully saturated rings. The van der Waals surface area contributed by atoms with Gasteiger partial charge in [-0.15, -0.1) is 11.3 Å². The summed E-state index contributed by atoms with van der Waals surface area (Å²) in [7, 11) is 0. The van der Waals surface area contributed by atoms with Gasteiger partial charge in [0.15, 0.2) is 0 Å². The summed E-state index contributed by atoms with van der Waals surface area (Å²) < 4.78 is 0. The predicted molar refractivity (Wildman–Crippen MR) is 88.2 cm³/mol. The normalized spacial score (nSPS) is 12.6. The van der Waals surface area contributed by atoms with Crippen molar-refractivity contribution in [3.63, 3.8) is 0 Å². The Kier molecular flexibility index (Phi) is 5.85. The standard InChI is InChI=1S/C15H18Cl2N2S/c1-3-18-11(8-15-19-10(2)9-20-15)7-12-13(16)5-4-6-14(12)17/h4-6,9,11,18H,3,7-8H2,1-2H3. The van der Waals surface area contributed by atoms with Crippen LogP contribution in [0.15, 0.2) is 23.6 Å². The van der Waals surface area contributed by atoms with Gasteiger partial charge in [0, 0.05) is 33.6 Å². The fourth-order valence-corrected chi connectivity index (χ4v) is 3.59. The lowest BCUT2D eigenvalue weighted by Crippen LogP contribution is -2.33. The largest absolute Gasteiger partial charge is 0.314 e. The number of benzene rings is 1. The molecule has 0 saturated heterocycles. The van der Waals surface area contributed by atoms with Crippen molar-refractivity contribution in [1.82, 2.24) is 10.3 Å². The van der Waals surface area contributed by atoms with Gasteiger partial charge in [-0.1, -0.05) is 36.2 Å². The van der Waals surface area contributed by atoms with E-state index in [1.165, 1.54) is 0 Å². The maximum atomic E-state index is 6.26. The van der Waals surface area contributed by atoms with Crippen molar-refractivity contribution < 1.29 is 0 Å². The van der Waals surface area contributed by atoms with Crippen LogP contribution in [0.1, 0.15) is 23.2 Å². The molecule has 2 aromatic rings. The molecule has 0 bridgehead atoms. The molecule has 0 saturated carbocycles. The van der Waals surface area contributed by atoms with Gasteiger partial charge in [0.05, 0.1) is 5.01 Å². The summed E-state index contributed by atoms with van der Waals surface area (Å²) in [6, 6.07) is 5.95. The summed E-state index contributed by atoms with van der Waals surface area (Å²) in [5.74, 6) is 0. The molecule has 20 heavy (non-hydrogen) atoms. The fourth-order valence-electron chi connectivity index (χ4n) is 2.19. The van der Waals surface area contributed by atoms with Crippen molar-refractivity contribution in [2.75, 3.05) is 6.54 Å². The Morgan fingerprint density at radius 2 is 1.95 bits per heavy atom. The molecule has 1 unspecified atom stereocenters. The molecule has 2 nitrogen and oxygen atoms in total. The monoisotopic (exact) mass is 328 g/mol. The second-order valence-electron chi connectivity index (χ2n) is 4.75. The number of aromatic nitrogens is 1. The van der Waals surface area contributed by atoms with Crippen molar-refractivity contribution >= 4 is 34.5 Å². The number of likely N-dealkylation sites (N-methyl/N-ethyl adjacent to an activating group) is 1. The molecular formula is C15H18Cl2N2S. The van der Waals surface area contributed by atoms with E-state index in [1.807, 2.05) is 25.1 Å². The molecule has 5 heteroatoms. The summed E-state index contributed by atoms with van der Waals surface area (Å²) in [4.78, 5) is 4.53. The average Bonchev–Trinajstić information content (AvgIpc) is 2.80. The van der Waals surface area contributed by atoms with Gasteiger partial charge in [-0.25, -0.2) is 4.98 Å². The molecule has 1 aromatic carbocycles. The maximum Gasteiger partial charge on any atom is 0.0943 e. The summed E-state index contributed by atoms with van der Waals surface area (Å²) in [5.41, 5.74) is 2.09. The molecule has 108 valence electrons. The maximum absolute atomic E-state index is 6.26. The number of nitrogens with one attached hydrogen (secondary N) is 1. The minimum Gasteiger partial charge on any atom is -0.314 e. The minimum absolute atomic E-state index is 0.294. The lowest BCUT2D eigenvalue weighted by molar-refractivity contribution is 0.520. The van der Waals surface area contributed by atoms with Crippen LogP contribution in [0, 0.1) is 6.92 Å². The van der Waals surface area contributed by atoms with Gasteiger partial charge >= 0.3 is 0 Å². The van der Waals surface area contributed by atoms with Crippen LogP contribution in [0.25, 0.3) is 0 Å². The SMILES string of the molecule is CCNC(Cc1nc(C)cs1)Cc1c(Cl)cccc1Cl. The zero-order chi connectivity index (χ0) is 14.5. The van der Waals surface area contributed by atoms with Gasteiger partial charge < -0.3 is 5.32 Å². The molecule has 0 aliphatic rings. The highest BCUT2D eigenvalue weighted by molar-refractivity contribution is 7.09. The van der Waals surface area contributed by atoms with Crippen molar-refractivity contribution in [3.8, 4) is 0 Å². The van der Waals surface area contributed by atoms with Crippen LogP contribution in [0.5, 0.6) is 0 Å². The molecule has 1 aromatic heterocycles. The Morgan fingerprint density at radius 1 is 1.25 bits per heavy atom. The molecule has 1 N–H and O–H groups in total. The van der Waals surface area contributed by atoms with Crippen molar-refractivity contribution in [1.29, 1.82) is 0 Å². The topological polar surface area (TPSA) is 24.9 Å². The lowest BCUT2D eigenvalue weighted by atomic mass is 10.0. The van der Waals surface area contributed by atoms with Crippen LogP contribution in [-0.4, -0.2) is 17.6 Å². The van der Waals surface area contributed by atoms with Crippen molar-refractivity contribution in [2.45, 2.75) is 32.7 Å². The Balaban J connectivity index is 2.13. The van der Waals surface area contributed by atoms with Gasteiger partial charge in [0.1, 0.15) is 0 Å². The second-order valence-corrected chi connectivity index (χ2v) is 6.50. The third-order valence-electron chi connectivity index (χ3n) is 3.09. The summed E-state index contributed by atoms with van der Waals surface area (Å²) >= 11 is 14.2. The number of rotatable bonds is 6. The van der Waals surface area contributed by atoms with E-state index in [4.69, 9.17) is 23.2 Å². The molecular weight excluding hydrogens is 311 g/mol. The fraction of sp³-hybridized carbons (Fsp3) is 0.400. The first-order valence-corrected chi connectivity index (χ1v) is 8.31. The van der Waals surface area contributed by atoms with Gasteiger partial charge in [-0.2, -0.15) is 0 Å². The predicted octanol–water partition coefficient (Wildman–Crippen LogP) is 4.52. The second kappa shape index (κ2) is 7.41. The first-order chi connectivity index (χ1) is 9.60. The zero-order valence-electron chi connectivity index (χ0n) is 11.6. The van der Waals surface area contributed by atoms with E-state index < -0.39 is 0 Å². The number of aryl methyl sites for hydroxylation is 1. The van der Waals surface area contributed by atoms with E-state index in [-0.39, 0.29) is 0 Å². The van der Waals surface area contributed by atoms with Crippen LogP contribution in [-0.2, 0) is 12.8 Å². The molecule has 2 rings (SSSR count). The summed E-state index contributed by atoms with van der Waals surface area (Å²) in [5, 5.41) is 8.19. The zero-order valence-corrected chi connectivity index (χ0v) is 13.9. The quantitative estimate of drug-likeness (QED) is 0.843. The Hall–Kier alpha value is -0.610. The van der Waals surface area contributed by atoms with E-state index in [2.05, 4.69) is 22.6 Å². The average molecular weight is 329 g/mol. The number of halogens is 2. The third-order valence-corrected chi connectivity index (χ3v) is 4.79. The number of hydrogen-bond donors (Lipinski definition) is 1. The van der Waals surface area contributed by atoms with Crippen LogP contribution in [0.4, 0.5) is 0 Å². The number of hydrogen-bond acceptors (Lipinski definition) is 3. The van der Waals surface area contributed by atoms with Gasteiger partial charge in [0.25, 0.3) is 0 Å². The molecule has 0 amide bonds. The molecule has 1 atom stereocenters. The Morgan fingerprint density at radius 3 is 2.50 bits per heavy atom. The molecule has 0 radical (unpaired) electrons. The smallest absolute Gasteiger partial charge is 0.0943 e. The number of thiazole rings is 1. The van der Waals surface area contributed by atoms with E-state index in [0.29, 0.717) is 6.04 Å². The van der Waals surface area contributed by atoms with Crippen LogP contribution >= 0.6 is 34.5 Å². The Labute approximate surface area is 134 Å². The molecule has 1 heterocycles. The molecule has 0 aliphatic carbocycles. The minimum atomic E-state index is 0.294. The first-order valence-electron chi connectivity index (χ1n) is 6.67. The van der Waals surface area contributed by atoms with E-state index in [0.717, 1.165) is 45.7 Å². The lowest BCUT2D eigenvalue weighted by Gasteiger charge is -2.18. The highest BCUT2D eigenvalue weighted by atomic mass is 35.5. The van der Waals surface area contributed by atoms with Crippen molar-refractivity contribution in [2.24, 2.45) is 0 Å². The summed E-state index contributed by atoms with van der Waals surface area (Å²) in [6.45, 7) is 5.04. The van der Waals surface area contributed by atoms with Crippen LogP contribution < -0.4 is 5.32 Å². The van der Waals surface area contributed by atoms with E-state index in [9.17, 15) is 0 Å². The van der Waals surface area contributed by atoms with Gasteiger partial charge in [-0.05, 0) is 37.6 Å². The highest BCUT2D eigenvalue weighted by Gasteiger charge is 2.15. The first kappa shape index (κ1) is 15.8. The van der Waals surface area contributed by atoms with Crippen LogP contribution in [0.2, 0.25) is 10.0 Å². The summed E-state index contributed by atoms with van der Waals surface area (Å²) in [6.07, 6.45) is 1.71. The number of nitrogens with zero attached hydrogens (tertiary/aromatic N) is 1. The van der Waals surface area contributed by atoms with Crippen LogP contribution in [0.3, 0.4) is 0 Å². The molecule has 0 spiro atoms. The highest BCUT2D eigenvalue weighted by Crippen LogP contribution is 2.26. The Bertz CT molecular complexity index is 549. The van der Waals surface area contributed by atoms with Gasteiger partial charge in [0.2, 0.25) is 0 Å². The van der Waals surface area contributed by atoms with Gasteiger partial charge in [-0.3, -0.25) is 0 Å². The molecule has 0 aliphatic heterocycles. The third kappa shape index (κ3) is 4.19. The van der Waals surface area contributed by atoms with E-state index >= 15 is 0 Å². The van der Waals surface area contributed by atoms with E-state index in [1.54, 1.807) is 11.3 Å².